The third-order valence-electron chi connectivity index (χ3n) is 4.68. The Hall–Kier alpha value is -3.38. The van der Waals surface area contributed by atoms with Crippen LogP contribution in [0.25, 0.3) is 39.5 Å². The van der Waals surface area contributed by atoms with E-state index >= 15 is 0 Å². The van der Waals surface area contributed by atoms with Gasteiger partial charge in [-0.3, -0.25) is 0 Å². The molecular weight excluding hydrogens is 312 g/mol. The summed E-state index contributed by atoms with van der Waals surface area (Å²) in [5.74, 6) is 0. The summed E-state index contributed by atoms with van der Waals surface area (Å²) in [6, 6.07) is 36.2. The Kier molecular flexibility index (Phi) is 4.49. The van der Waals surface area contributed by atoms with Crippen LogP contribution in [0.2, 0.25) is 0 Å². The van der Waals surface area contributed by atoms with E-state index in [4.69, 9.17) is 0 Å². The molecule has 0 atom stereocenters. The van der Waals surface area contributed by atoms with E-state index in [1.165, 1.54) is 33.4 Å². The smallest absolute Gasteiger partial charge is 0.00328 e. The van der Waals surface area contributed by atoms with Crippen LogP contribution in [0.15, 0.2) is 110 Å². The zero-order chi connectivity index (χ0) is 17.8. The van der Waals surface area contributed by atoms with Crippen molar-refractivity contribution in [2.24, 2.45) is 0 Å². The molecule has 0 amide bonds. The fourth-order valence-electron chi connectivity index (χ4n) is 3.48. The molecule has 0 aliphatic rings. The summed E-state index contributed by atoms with van der Waals surface area (Å²) in [5, 5.41) is 0. The highest BCUT2D eigenvalue weighted by molar-refractivity contribution is 5.94. The van der Waals surface area contributed by atoms with Crippen molar-refractivity contribution in [2.45, 2.75) is 0 Å². The molecule has 0 saturated heterocycles. The second-order valence-corrected chi connectivity index (χ2v) is 6.25. The molecule has 0 bridgehead atoms. The van der Waals surface area contributed by atoms with Crippen molar-refractivity contribution < 1.29 is 0 Å². The molecule has 0 aliphatic heterocycles. The van der Waals surface area contributed by atoms with Crippen LogP contribution >= 0.6 is 0 Å². The van der Waals surface area contributed by atoms with Crippen molar-refractivity contribution >= 4 is 6.08 Å². The Morgan fingerprint density at radius 1 is 0.462 bits per heavy atom. The average molecular weight is 332 g/mol. The lowest BCUT2D eigenvalue weighted by atomic mass is 9.87. The van der Waals surface area contributed by atoms with E-state index in [1.807, 2.05) is 6.08 Å². The van der Waals surface area contributed by atoms with Gasteiger partial charge in [-0.25, -0.2) is 0 Å². The maximum absolute atomic E-state index is 4.03. The quantitative estimate of drug-likeness (QED) is 0.367. The van der Waals surface area contributed by atoms with Crippen LogP contribution in [0, 0.1) is 0 Å². The van der Waals surface area contributed by atoms with Crippen molar-refractivity contribution in [3.05, 3.63) is 115 Å². The van der Waals surface area contributed by atoms with Crippen LogP contribution in [0.1, 0.15) is 5.56 Å². The standard InChI is InChI=1S/C26H20/c1-2-20-16-11-19-25(26(20)22-14-7-4-8-15-22)24-18-10-9-17-23(24)21-12-5-3-6-13-21/h2-19H,1H2. The van der Waals surface area contributed by atoms with Gasteiger partial charge in [-0.05, 0) is 38.9 Å². The van der Waals surface area contributed by atoms with Gasteiger partial charge in [-0.2, -0.15) is 0 Å². The number of benzene rings is 4. The molecule has 4 rings (SSSR count). The summed E-state index contributed by atoms with van der Waals surface area (Å²) in [5.41, 5.74) is 8.52. The Morgan fingerprint density at radius 2 is 1.00 bits per heavy atom. The van der Waals surface area contributed by atoms with Gasteiger partial charge in [0, 0.05) is 0 Å². The lowest BCUT2D eigenvalue weighted by Crippen LogP contribution is -1.91. The van der Waals surface area contributed by atoms with Gasteiger partial charge in [0.05, 0.1) is 0 Å². The zero-order valence-electron chi connectivity index (χ0n) is 14.6. The van der Waals surface area contributed by atoms with Crippen LogP contribution in [-0.2, 0) is 0 Å². The summed E-state index contributed by atoms with van der Waals surface area (Å²) in [6.07, 6.45) is 1.94. The molecule has 0 spiro atoms. The normalized spacial score (nSPS) is 10.5. The average Bonchev–Trinajstić information content (AvgIpc) is 2.74. The molecule has 0 heterocycles. The second kappa shape index (κ2) is 7.25. The maximum Gasteiger partial charge on any atom is -0.00328 e. The van der Waals surface area contributed by atoms with E-state index in [0.29, 0.717) is 0 Å². The van der Waals surface area contributed by atoms with E-state index in [9.17, 15) is 0 Å². The first kappa shape index (κ1) is 16.1. The molecule has 0 aromatic heterocycles. The van der Waals surface area contributed by atoms with Gasteiger partial charge in [0.15, 0.2) is 0 Å². The highest BCUT2D eigenvalue weighted by Crippen LogP contribution is 2.39. The van der Waals surface area contributed by atoms with Gasteiger partial charge in [-0.15, -0.1) is 0 Å². The maximum atomic E-state index is 4.03. The van der Waals surface area contributed by atoms with Crippen LogP contribution < -0.4 is 0 Å². The summed E-state index contributed by atoms with van der Waals surface area (Å²) < 4.78 is 0. The topological polar surface area (TPSA) is 0 Å². The summed E-state index contributed by atoms with van der Waals surface area (Å²) in [4.78, 5) is 0. The minimum atomic E-state index is 1.15. The molecule has 0 nitrogen and oxygen atoms in total. The molecule has 0 aliphatic carbocycles. The minimum Gasteiger partial charge on any atom is -0.0984 e. The molecule has 4 aromatic rings. The summed E-state index contributed by atoms with van der Waals surface area (Å²) >= 11 is 0. The van der Waals surface area contributed by atoms with Gasteiger partial charge in [0.25, 0.3) is 0 Å². The Balaban J connectivity index is 2.01. The lowest BCUT2D eigenvalue weighted by Gasteiger charge is -2.17. The van der Waals surface area contributed by atoms with Gasteiger partial charge in [0.1, 0.15) is 0 Å². The van der Waals surface area contributed by atoms with E-state index in [1.54, 1.807) is 0 Å². The highest BCUT2D eigenvalue weighted by Gasteiger charge is 2.14. The first-order valence-electron chi connectivity index (χ1n) is 8.84. The number of hydrogen-bond acceptors (Lipinski definition) is 0. The number of hydrogen-bond donors (Lipinski definition) is 0. The van der Waals surface area contributed by atoms with Crippen molar-refractivity contribution in [3.63, 3.8) is 0 Å². The molecule has 26 heavy (non-hydrogen) atoms. The van der Waals surface area contributed by atoms with E-state index in [2.05, 4.69) is 110 Å². The Labute approximate surface area is 155 Å². The molecule has 0 saturated carbocycles. The third kappa shape index (κ3) is 2.98. The monoisotopic (exact) mass is 332 g/mol. The van der Waals surface area contributed by atoms with Crippen LogP contribution in [0.5, 0.6) is 0 Å². The van der Waals surface area contributed by atoms with Crippen molar-refractivity contribution in [1.82, 2.24) is 0 Å². The van der Waals surface area contributed by atoms with Crippen molar-refractivity contribution in [2.75, 3.05) is 0 Å². The fourth-order valence-corrected chi connectivity index (χ4v) is 3.48. The summed E-state index contributed by atoms with van der Waals surface area (Å²) in [6.45, 7) is 4.03. The Bertz CT molecular complexity index is 1030. The van der Waals surface area contributed by atoms with Crippen LogP contribution in [0.3, 0.4) is 0 Å². The predicted octanol–water partition coefficient (Wildman–Crippen LogP) is 7.33. The molecule has 0 heteroatoms. The minimum absolute atomic E-state index is 1.15. The second-order valence-electron chi connectivity index (χ2n) is 6.25. The van der Waals surface area contributed by atoms with Crippen molar-refractivity contribution in [1.29, 1.82) is 0 Å². The molecule has 0 unspecified atom stereocenters. The SMILES string of the molecule is C=Cc1cccc(-c2ccccc2-c2ccccc2)c1-c1ccccc1. The lowest BCUT2D eigenvalue weighted by molar-refractivity contribution is 1.55. The molecule has 124 valence electrons. The zero-order valence-corrected chi connectivity index (χ0v) is 14.6. The van der Waals surface area contributed by atoms with E-state index < -0.39 is 0 Å². The first-order valence-corrected chi connectivity index (χ1v) is 8.84. The molecule has 0 fully saturated rings. The van der Waals surface area contributed by atoms with Gasteiger partial charge >= 0.3 is 0 Å². The van der Waals surface area contributed by atoms with Crippen LogP contribution in [-0.4, -0.2) is 0 Å². The molecule has 0 N–H and O–H groups in total. The summed E-state index contributed by atoms with van der Waals surface area (Å²) in [7, 11) is 0. The molecular formula is C26H20. The van der Waals surface area contributed by atoms with E-state index in [0.717, 1.165) is 5.56 Å². The third-order valence-corrected chi connectivity index (χ3v) is 4.68. The molecule has 0 radical (unpaired) electrons. The van der Waals surface area contributed by atoms with Crippen LogP contribution in [0.4, 0.5) is 0 Å². The largest absolute Gasteiger partial charge is 0.0984 e. The fraction of sp³-hybridized carbons (Fsp3) is 0. The first-order chi connectivity index (χ1) is 12.9. The number of rotatable bonds is 4. The van der Waals surface area contributed by atoms with Gasteiger partial charge in [0.2, 0.25) is 0 Å². The Morgan fingerprint density at radius 3 is 1.65 bits per heavy atom. The predicted molar refractivity (Wildman–Crippen MR) is 113 cm³/mol. The molecule has 4 aromatic carbocycles. The van der Waals surface area contributed by atoms with Gasteiger partial charge < -0.3 is 0 Å². The highest BCUT2D eigenvalue weighted by atomic mass is 14.2. The van der Waals surface area contributed by atoms with Gasteiger partial charge in [-0.1, -0.05) is 116 Å². The van der Waals surface area contributed by atoms with Crippen molar-refractivity contribution in [3.8, 4) is 33.4 Å². The van der Waals surface area contributed by atoms with E-state index in [-0.39, 0.29) is 0 Å².